The first-order chi connectivity index (χ1) is 13.0. The average molecular weight is 438 g/mol. The second-order valence-electron chi connectivity index (χ2n) is 5.31. The molecule has 1 amide bonds. The predicted molar refractivity (Wildman–Crippen MR) is 94.2 cm³/mol. The number of halogens is 4. The summed E-state index contributed by atoms with van der Waals surface area (Å²) in [7, 11) is 0. The molecule has 0 aliphatic rings. The van der Waals surface area contributed by atoms with Crippen molar-refractivity contribution in [2.75, 3.05) is 11.9 Å². The maximum Gasteiger partial charge on any atom is 0.397 e. The fraction of sp³-hybridized carbons (Fsp3) is 0.188. The van der Waals surface area contributed by atoms with Crippen LogP contribution in [-0.4, -0.2) is 40.8 Å². The fourth-order valence-electron chi connectivity index (χ4n) is 2.11. The molecule has 2 rings (SSSR count). The number of aromatic carboxylic acids is 1. The van der Waals surface area contributed by atoms with Gasteiger partial charge in [-0.1, -0.05) is 23.7 Å². The first kappa shape index (κ1) is 21.5. The Bertz CT molecular complexity index is 928. The maximum absolute atomic E-state index is 12.3. The monoisotopic (exact) mass is 437 g/mol. The summed E-state index contributed by atoms with van der Waals surface area (Å²) in [4.78, 5) is 33.3. The van der Waals surface area contributed by atoms with E-state index in [0.717, 1.165) is 0 Å². The van der Waals surface area contributed by atoms with Crippen molar-refractivity contribution in [2.24, 2.45) is 0 Å². The van der Waals surface area contributed by atoms with Crippen molar-refractivity contribution >= 4 is 46.5 Å². The molecule has 0 atom stereocenters. The SMILES string of the molecule is O=C(O)COc1c(C(=O)O)sc(-c2cccc(NC(=O)CC(F)(F)F)c2)c1Cl. The van der Waals surface area contributed by atoms with Gasteiger partial charge in [-0.15, -0.1) is 11.3 Å². The second kappa shape index (κ2) is 8.48. The molecule has 3 N–H and O–H groups in total. The number of carbonyl (C=O) groups excluding carboxylic acids is 1. The van der Waals surface area contributed by atoms with E-state index in [1.807, 2.05) is 0 Å². The molecule has 0 aliphatic heterocycles. The molecule has 0 fully saturated rings. The number of carboxylic acids is 2. The van der Waals surface area contributed by atoms with E-state index in [1.165, 1.54) is 24.3 Å². The Hall–Kier alpha value is -2.79. The number of hydrogen-bond donors (Lipinski definition) is 3. The highest BCUT2D eigenvalue weighted by Gasteiger charge is 2.31. The van der Waals surface area contributed by atoms with E-state index in [9.17, 15) is 32.7 Å². The molecule has 1 heterocycles. The lowest BCUT2D eigenvalue weighted by Crippen LogP contribution is -2.21. The number of amides is 1. The van der Waals surface area contributed by atoms with Gasteiger partial charge in [-0.2, -0.15) is 13.2 Å². The Labute approximate surface area is 164 Å². The van der Waals surface area contributed by atoms with Crippen LogP contribution in [0.5, 0.6) is 5.75 Å². The van der Waals surface area contributed by atoms with Crippen LogP contribution in [0.3, 0.4) is 0 Å². The molecule has 0 radical (unpaired) electrons. The third kappa shape index (κ3) is 5.60. The Morgan fingerprint density at radius 1 is 1.21 bits per heavy atom. The van der Waals surface area contributed by atoms with Crippen molar-refractivity contribution in [1.82, 2.24) is 0 Å². The van der Waals surface area contributed by atoms with Crippen LogP contribution in [0.2, 0.25) is 5.02 Å². The van der Waals surface area contributed by atoms with Gasteiger partial charge in [-0.25, -0.2) is 9.59 Å². The molecule has 0 spiro atoms. The number of anilines is 1. The van der Waals surface area contributed by atoms with Gasteiger partial charge in [0.25, 0.3) is 0 Å². The van der Waals surface area contributed by atoms with Crippen molar-refractivity contribution in [3.8, 4) is 16.2 Å². The third-order valence-corrected chi connectivity index (χ3v) is 4.79. The predicted octanol–water partition coefficient (Wildman–Crippen LogP) is 4.12. The van der Waals surface area contributed by atoms with Crippen molar-refractivity contribution in [3.05, 3.63) is 34.2 Å². The van der Waals surface area contributed by atoms with Gasteiger partial charge in [0.05, 0.1) is 4.88 Å². The minimum Gasteiger partial charge on any atom is -0.479 e. The van der Waals surface area contributed by atoms with Crippen LogP contribution in [0, 0.1) is 0 Å². The highest BCUT2D eigenvalue weighted by atomic mass is 35.5. The van der Waals surface area contributed by atoms with Gasteiger partial charge in [0, 0.05) is 5.69 Å². The van der Waals surface area contributed by atoms with E-state index in [1.54, 1.807) is 0 Å². The van der Waals surface area contributed by atoms with Crippen molar-refractivity contribution in [1.29, 1.82) is 0 Å². The first-order valence-corrected chi connectivity index (χ1v) is 8.54. The van der Waals surface area contributed by atoms with Crippen LogP contribution in [-0.2, 0) is 9.59 Å². The molecular formula is C16H11ClF3NO6S. The number of carboxylic acid groups (broad SMARTS) is 2. The summed E-state index contributed by atoms with van der Waals surface area (Å²) >= 11 is 6.82. The lowest BCUT2D eigenvalue weighted by atomic mass is 10.1. The van der Waals surface area contributed by atoms with E-state index in [0.29, 0.717) is 16.9 Å². The normalized spacial score (nSPS) is 11.1. The van der Waals surface area contributed by atoms with Crippen LogP contribution in [0.4, 0.5) is 18.9 Å². The molecule has 1 aromatic heterocycles. The summed E-state index contributed by atoms with van der Waals surface area (Å²) in [5.74, 6) is -4.33. The number of aliphatic carboxylic acids is 1. The third-order valence-electron chi connectivity index (χ3n) is 3.11. The summed E-state index contributed by atoms with van der Waals surface area (Å²) in [6.07, 6.45) is -6.32. The van der Waals surface area contributed by atoms with Crippen LogP contribution in [0.1, 0.15) is 16.1 Å². The van der Waals surface area contributed by atoms with E-state index >= 15 is 0 Å². The molecular weight excluding hydrogens is 427 g/mol. The largest absolute Gasteiger partial charge is 0.479 e. The molecule has 28 heavy (non-hydrogen) atoms. The van der Waals surface area contributed by atoms with Crippen LogP contribution >= 0.6 is 22.9 Å². The molecule has 1 aromatic carbocycles. The second-order valence-corrected chi connectivity index (χ2v) is 6.71. The Morgan fingerprint density at radius 3 is 2.46 bits per heavy atom. The van der Waals surface area contributed by atoms with Gasteiger partial charge in [-0.05, 0) is 17.7 Å². The average Bonchev–Trinajstić information content (AvgIpc) is 2.88. The van der Waals surface area contributed by atoms with Gasteiger partial charge in [0.1, 0.15) is 11.4 Å². The smallest absolute Gasteiger partial charge is 0.397 e. The van der Waals surface area contributed by atoms with Gasteiger partial charge in [0.15, 0.2) is 17.2 Å². The van der Waals surface area contributed by atoms with Crippen molar-refractivity contribution in [3.63, 3.8) is 0 Å². The number of thiophene rings is 1. The highest BCUT2D eigenvalue weighted by molar-refractivity contribution is 7.18. The number of nitrogens with one attached hydrogen (secondary N) is 1. The van der Waals surface area contributed by atoms with Crippen molar-refractivity contribution < 1.29 is 42.5 Å². The van der Waals surface area contributed by atoms with Gasteiger partial charge < -0.3 is 20.3 Å². The van der Waals surface area contributed by atoms with Gasteiger partial charge in [0.2, 0.25) is 5.91 Å². The molecule has 2 aromatic rings. The number of rotatable bonds is 7. The minimum atomic E-state index is -4.66. The van der Waals surface area contributed by atoms with Gasteiger partial charge in [-0.3, -0.25) is 4.79 Å². The molecule has 0 saturated heterocycles. The Morgan fingerprint density at radius 2 is 1.89 bits per heavy atom. The number of alkyl halides is 3. The number of carbonyl (C=O) groups is 3. The molecule has 0 aliphatic carbocycles. The summed E-state index contributed by atoms with van der Waals surface area (Å²) in [6.45, 7) is -0.816. The molecule has 12 heteroatoms. The summed E-state index contributed by atoms with van der Waals surface area (Å²) in [5, 5.41) is 19.9. The highest BCUT2D eigenvalue weighted by Crippen LogP contribution is 2.45. The van der Waals surface area contributed by atoms with Gasteiger partial charge >= 0.3 is 18.1 Å². The van der Waals surface area contributed by atoms with E-state index < -0.39 is 37.0 Å². The number of benzene rings is 1. The van der Waals surface area contributed by atoms with Crippen LogP contribution in [0.15, 0.2) is 24.3 Å². The molecule has 0 unspecified atom stereocenters. The number of ether oxygens (including phenoxy) is 1. The Kier molecular flexibility index (Phi) is 6.52. The zero-order chi connectivity index (χ0) is 21.1. The first-order valence-electron chi connectivity index (χ1n) is 7.35. The van der Waals surface area contributed by atoms with E-state index in [-0.39, 0.29) is 26.2 Å². The summed E-state index contributed by atoms with van der Waals surface area (Å²) in [6, 6.07) is 5.56. The quantitative estimate of drug-likeness (QED) is 0.600. The summed E-state index contributed by atoms with van der Waals surface area (Å²) < 4.78 is 41.8. The summed E-state index contributed by atoms with van der Waals surface area (Å²) in [5.41, 5.74) is 0.341. The zero-order valence-corrected chi connectivity index (χ0v) is 15.2. The Balaban J connectivity index is 2.35. The van der Waals surface area contributed by atoms with Crippen LogP contribution in [0.25, 0.3) is 10.4 Å². The molecule has 0 bridgehead atoms. The lowest BCUT2D eigenvalue weighted by molar-refractivity contribution is -0.150. The molecule has 0 saturated carbocycles. The fourth-order valence-corrected chi connectivity index (χ4v) is 3.51. The minimum absolute atomic E-state index is 0.0427. The standard InChI is InChI=1S/C16H11ClF3NO6S/c17-11-12(27-6-10(23)24)14(15(25)26)28-13(11)7-2-1-3-8(4-7)21-9(22)5-16(18,19)20/h1-4H,5-6H2,(H,21,22)(H,23,24)(H,25,26). The zero-order valence-electron chi connectivity index (χ0n) is 13.7. The topological polar surface area (TPSA) is 113 Å². The van der Waals surface area contributed by atoms with Crippen molar-refractivity contribution in [2.45, 2.75) is 12.6 Å². The maximum atomic E-state index is 12.3. The lowest BCUT2D eigenvalue weighted by Gasteiger charge is -2.09. The van der Waals surface area contributed by atoms with E-state index in [4.69, 9.17) is 21.4 Å². The molecule has 7 nitrogen and oxygen atoms in total. The molecule has 150 valence electrons. The number of hydrogen-bond acceptors (Lipinski definition) is 5. The van der Waals surface area contributed by atoms with Crippen LogP contribution < -0.4 is 10.1 Å². The van der Waals surface area contributed by atoms with E-state index in [2.05, 4.69) is 5.32 Å².